The van der Waals surface area contributed by atoms with Gasteiger partial charge in [0.05, 0.1) is 29.2 Å². The Labute approximate surface area is 269 Å². The van der Waals surface area contributed by atoms with Crippen LogP contribution in [0.1, 0.15) is 80.3 Å². The highest BCUT2D eigenvalue weighted by molar-refractivity contribution is 7.89. The molecule has 5 rings (SSSR count). The molecule has 3 aromatic carbocycles. The van der Waals surface area contributed by atoms with Gasteiger partial charge in [-0.2, -0.15) is 17.5 Å². The molecule has 1 saturated heterocycles. The lowest BCUT2D eigenvalue weighted by atomic mass is 9.86. The Hall–Kier alpha value is -3.25. The fraction of sp³-hybridized carbons (Fsp3) is 0.457. The zero-order valence-electron chi connectivity index (χ0n) is 26.4. The standard InChI is InChI=1S/C35H42F3N3O4S/c1-34(2,3)39-21-25-15-16-31-26(17-25)11-7-14-32(31)40-33(42)20-28-19-29(45-23-24-9-5-4-6-10-24)22-41(28)46(43,44)30-13-8-12-27(18-30)35(36,37)38/h4-6,8-10,12-13,15-18,28-29,32,39H,7,11,14,19-23H2,1-3H3,(H,40,42). The van der Waals surface area contributed by atoms with Gasteiger partial charge in [-0.05, 0) is 86.9 Å². The van der Waals surface area contributed by atoms with Crippen LogP contribution in [-0.4, -0.2) is 42.9 Å². The number of halogens is 3. The highest BCUT2D eigenvalue weighted by Gasteiger charge is 2.43. The SMILES string of the molecule is CC(C)(C)NCc1ccc2c(c1)CCCC2NC(=O)CC1CC(OCc2ccccc2)CN1S(=O)(=O)c1cccc(C(F)(F)F)c1. The molecule has 3 unspecified atom stereocenters. The Morgan fingerprint density at radius 2 is 1.74 bits per heavy atom. The van der Waals surface area contributed by atoms with Crippen LogP contribution >= 0.6 is 0 Å². The molecule has 2 N–H and O–H groups in total. The van der Waals surface area contributed by atoms with Gasteiger partial charge < -0.3 is 15.4 Å². The number of hydrogen-bond donors (Lipinski definition) is 2. The third kappa shape index (κ3) is 8.56. The van der Waals surface area contributed by atoms with Crippen LogP contribution in [0.4, 0.5) is 13.2 Å². The van der Waals surface area contributed by atoms with Gasteiger partial charge in [-0.3, -0.25) is 4.79 Å². The molecule has 3 atom stereocenters. The summed E-state index contributed by atoms with van der Waals surface area (Å²) in [5.41, 5.74) is 3.26. The molecule has 1 heterocycles. The molecule has 11 heteroatoms. The number of fused-ring (bicyclic) bond motifs is 1. The van der Waals surface area contributed by atoms with Crippen molar-refractivity contribution in [2.75, 3.05) is 6.54 Å². The van der Waals surface area contributed by atoms with Crippen LogP contribution in [0.2, 0.25) is 0 Å². The van der Waals surface area contributed by atoms with Crippen LogP contribution in [0.25, 0.3) is 0 Å². The van der Waals surface area contributed by atoms with Crippen molar-refractivity contribution < 1.29 is 31.1 Å². The number of rotatable bonds is 10. The molecule has 0 aromatic heterocycles. The summed E-state index contributed by atoms with van der Waals surface area (Å²) in [4.78, 5) is 13.0. The van der Waals surface area contributed by atoms with Crippen molar-refractivity contribution in [3.8, 4) is 0 Å². The van der Waals surface area contributed by atoms with E-state index >= 15 is 0 Å². The minimum absolute atomic E-state index is 0.0132. The van der Waals surface area contributed by atoms with Gasteiger partial charge in [0.2, 0.25) is 15.9 Å². The minimum Gasteiger partial charge on any atom is -0.372 e. The van der Waals surface area contributed by atoms with E-state index in [4.69, 9.17) is 4.74 Å². The zero-order valence-corrected chi connectivity index (χ0v) is 27.3. The highest BCUT2D eigenvalue weighted by atomic mass is 32.2. The molecular formula is C35H42F3N3O4S. The lowest BCUT2D eigenvalue weighted by Gasteiger charge is -2.29. The second-order valence-corrected chi connectivity index (χ2v) is 15.2. The van der Waals surface area contributed by atoms with Gasteiger partial charge in [-0.15, -0.1) is 0 Å². The predicted octanol–water partition coefficient (Wildman–Crippen LogP) is 6.53. The summed E-state index contributed by atoms with van der Waals surface area (Å²) < 4.78 is 75.2. The Kier molecular flexibility index (Phi) is 10.3. The molecule has 46 heavy (non-hydrogen) atoms. The molecule has 1 aliphatic carbocycles. The lowest BCUT2D eigenvalue weighted by molar-refractivity contribution is -0.137. The zero-order chi connectivity index (χ0) is 33.1. The number of hydrogen-bond acceptors (Lipinski definition) is 5. The summed E-state index contributed by atoms with van der Waals surface area (Å²) >= 11 is 0. The van der Waals surface area contributed by atoms with Crippen LogP contribution in [0, 0.1) is 0 Å². The van der Waals surface area contributed by atoms with Crippen LogP contribution in [0.15, 0.2) is 77.7 Å². The van der Waals surface area contributed by atoms with Crippen molar-refractivity contribution in [1.82, 2.24) is 14.9 Å². The number of alkyl halides is 3. The van der Waals surface area contributed by atoms with E-state index in [9.17, 15) is 26.4 Å². The van der Waals surface area contributed by atoms with Gasteiger partial charge in [0.1, 0.15) is 0 Å². The van der Waals surface area contributed by atoms with Crippen molar-refractivity contribution >= 4 is 15.9 Å². The quantitative estimate of drug-likeness (QED) is 0.259. The Balaban J connectivity index is 1.32. The average Bonchev–Trinajstić information content (AvgIpc) is 3.42. The lowest BCUT2D eigenvalue weighted by Crippen LogP contribution is -2.40. The van der Waals surface area contributed by atoms with Gasteiger partial charge in [0, 0.05) is 31.1 Å². The van der Waals surface area contributed by atoms with Gasteiger partial charge >= 0.3 is 6.18 Å². The first kappa shape index (κ1) is 34.1. The second kappa shape index (κ2) is 13.9. The van der Waals surface area contributed by atoms with Crippen molar-refractivity contribution in [2.24, 2.45) is 0 Å². The summed E-state index contributed by atoms with van der Waals surface area (Å²) in [5, 5.41) is 6.63. The Morgan fingerprint density at radius 3 is 2.46 bits per heavy atom. The topological polar surface area (TPSA) is 87.7 Å². The maximum atomic E-state index is 13.8. The van der Waals surface area contributed by atoms with Crippen molar-refractivity contribution in [3.05, 3.63) is 101 Å². The number of carbonyl (C=O) groups excluding carboxylic acids is 1. The number of ether oxygens (including phenoxy) is 1. The largest absolute Gasteiger partial charge is 0.416 e. The number of sulfonamides is 1. The first-order valence-corrected chi connectivity index (χ1v) is 17.1. The molecule has 0 radical (unpaired) electrons. The summed E-state index contributed by atoms with van der Waals surface area (Å²) in [5.74, 6) is -0.311. The van der Waals surface area contributed by atoms with E-state index in [1.165, 1.54) is 11.1 Å². The summed E-state index contributed by atoms with van der Waals surface area (Å²) in [7, 11) is -4.37. The molecule has 1 aliphatic heterocycles. The van der Waals surface area contributed by atoms with E-state index in [-0.39, 0.29) is 43.5 Å². The van der Waals surface area contributed by atoms with Crippen LogP contribution in [0.3, 0.4) is 0 Å². The number of amides is 1. The number of benzene rings is 3. The van der Waals surface area contributed by atoms with E-state index in [2.05, 4.69) is 49.6 Å². The number of aryl methyl sites for hydroxylation is 1. The maximum absolute atomic E-state index is 13.8. The first-order chi connectivity index (χ1) is 21.7. The normalized spacial score (nSPS) is 20.8. The highest BCUT2D eigenvalue weighted by Crippen LogP contribution is 2.35. The molecule has 248 valence electrons. The number of nitrogens with zero attached hydrogens (tertiary/aromatic N) is 1. The van der Waals surface area contributed by atoms with Gasteiger partial charge in [-0.25, -0.2) is 8.42 Å². The van der Waals surface area contributed by atoms with Crippen molar-refractivity contribution in [3.63, 3.8) is 0 Å². The van der Waals surface area contributed by atoms with Crippen LogP contribution in [-0.2, 0) is 45.3 Å². The fourth-order valence-corrected chi connectivity index (χ4v) is 7.88. The summed E-state index contributed by atoms with van der Waals surface area (Å²) in [6.07, 6.45) is -2.55. The van der Waals surface area contributed by atoms with Crippen molar-refractivity contribution in [2.45, 2.75) is 101 Å². The summed E-state index contributed by atoms with van der Waals surface area (Å²) in [6.45, 7) is 7.26. The molecule has 2 aliphatic rings. The number of carbonyl (C=O) groups is 1. The first-order valence-electron chi connectivity index (χ1n) is 15.7. The molecule has 1 fully saturated rings. The second-order valence-electron chi connectivity index (χ2n) is 13.3. The van der Waals surface area contributed by atoms with Gasteiger partial charge in [-0.1, -0.05) is 54.6 Å². The van der Waals surface area contributed by atoms with Gasteiger partial charge in [0.25, 0.3) is 0 Å². The molecule has 1 amide bonds. The van der Waals surface area contributed by atoms with E-state index in [0.29, 0.717) is 6.07 Å². The van der Waals surface area contributed by atoms with Crippen LogP contribution in [0.5, 0.6) is 0 Å². The van der Waals surface area contributed by atoms with Crippen molar-refractivity contribution in [1.29, 1.82) is 0 Å². The fourth-order valence-electron chi connectivity index (χ4n) is 6.16. The van der Waals surface area contributed by atoms with E-state index in [1.807, 2.05) is 30.3 Å². The smallest absolute Gasteiger partial charge is 0.372 e. The minimum atomic E-state index is -4.70. The molecule has 0 spiro atoms. The average molecular weight is 658 g/mol. The molecule has 3 aromatic rings. The van der Waals surface area contributed by atoms with Gasteiger partial charge in [0.15, 0.2) is 0 Å². The Morgan fingerprint density at radius 1 is 0.978 bits per heavy atom. The van der Waals surface area contributed by atoms with E-state index < -0.39 is 38.8 Å². The Bertz CT molecular complexity index is 1620. The third-order valence-corrected chi connectivity index (χ3v) is 10.4. The molecule has 7 nitrogen and oxygen atoms in total. The molecular weight excluding hydrogens is 615 g/mol. The summed E-state index contributed by atoms with van der Waals surface area (Å²) in [6, 6.07) is 18.5. The number of nitrogens with one attached hydrogen (secondary N) is 2. The third-order valence-electron chi connectivity index (χ3n) is 8.52. The predicted molar refractivity (Wildman–Crippen MR) is 170 cm³/mol. The monoisotopic (exact) mass is 657 g/mol. The maximum Gasteiger partial charge on any atom is 0.416 e. The molecule has 0 bridgehead atoms. The molecule has 0 saturated carbocycles. The van der Waals surface area contributed by atoms with Crippen LogP contribution < -0.4 is 10.6 Å². The van der Waals surface area contributed by atoms with E-state index in [1.54, 1.807) is 0 Å². The van der Waals surface area contributed by atoms with E-state index in [0.717, 1.165) is 59.4 Å².